The molecule has 0 atom stereocenters. The van der Waals surface area contributed by atoms with E-state index in [1.807, 2.05) is 0 Å². The van der Waals surface area contributed by atoms with Crippen molar-refractivity contribution in [3.05, 3.63) is 117 Å². The third-order valence-corrected chi connectivity index (χ3v) is 9.60. The van der Waals surface area contributed by atoms with Gasteiger partial charge in [-0.1, -0.05) is 47.5 Å². The van der Waals surface area contributed by atoms with Gasteiger partial charge in [-0.2, -0.15) is 0 Å². The molecule has 2 N–H and O–H groups in total. The summed E-state index contributed by atoms with van der Waals surface area (Å²) < 4.78 is 55.6. The van der Waals surface area contributed by atoms with Crippen LogP contribution in [0.1, 0.15) is 0 Å². The maximum Gasteiger partial charge on any atom is 0.269 e. The molecule has 15 heteroatoms. The van der Waals surface area contributed by atoms with Gasteiger partial charge >= 0.3 is 0 Å². The topological polar surface area (TPSA) is 156 Å². The van der Waals surface area contributed by atoms with Crippen molar-refractivity contribution in [1.82, 2.24) is 0 Å². The molecule has 0 aliphatic heterocycles. The summed E-state index contributed by atoms with van der Waals surface area (Å²) in [7, 11) is -8.30. The van der Waals surface area contributed by atoms with E-state index in [4.69, 9.17) is 23.2 Å². The highest BCUT2D eigenvalue weighted by atomic mass is 35.5. The first-order valence-corrected chi connectivity index (χ1v) is 15.3. The standard InChI is InChI=1S/C26H20Cl2N4O7S2/c27-23-7-4-8-24(26(23)28)30-40(36,37)21-15-9-18(10-16-21)29-25(33)17-31(19-11-13-20(14-12-19)32(34)35)41(38,39)22-5-2-1-3-6-22/h1-16,30H,17H2,(H,29,33). The fourth-order valence-electron chi connectivity index (χ4n) is 3.61. The largest absolute Gasteiger partial charge is 0.325 e. The lowest BCUT2D eigenvalue weighted by Crippen LogP contribution is -2.38. The Bertz CT molecular complexity index is 1800. The van der Waals surface area contributed by atoms with Crippen molar-refractivity contribution in [2.45, 2.75) is 9.79 Å². The van der Waals surface area contributed by atoms with Crippen LogP contribution in [0.4, 0.5) is 22.7 Å². The molecule has 0 radical (unpaired) electrons. The van der Waals surface area contributed by atoms with Gasteiger partial charge in [-0.05, 0) is 60.7 Å². The second-order valence-corrected chi connectivity index (χ2v) is 12.7. The van der Waals surface area contributed by atoms with Crippen molar-refractivity contribution in [1.29, 1.82) is 0 Å². The quantitative estimate of drug-likeness (QED) is 0.171. The highest BCUT2D eigenvalue weighted by molar-refractivity contribution is 7.93. The predicted molar refractivity (Wildman–Crippen MR) is 156 cm³/mol. The molecular weight excluding hydrogens is 615 g/mol. The lowest BCUT2D eigenvalue weighted by Gasteiger charge is -2.24. The molecule has 4 rings (SSSR count). The van der Waals surface area contributed by atoms with Crippen molar-refractivity contribution in [2.75, 3.05) is 20.9 Å². The number of hydrogen-bond acceptors (Lipinski definition) is 7. The number of nitro groups is 1. The number of sulfonamides is 2. The highest BCUT2D eigenvalue weighted by Crippen LogP contribution is 2.31. The van der Waals surface area contributed by atoms with Crippen molar-refractivity contribution in [3.63, 3.8) is 0 Å². The number of nitro benzene ring substituents is 1. The molecule has 0 saturated carbocycles. The van der Waals surface area contributed by atoms with Crippen LogP contribution in [0.15, 0.2) is 107 Å². The molecule has 4 aromatic rings. The van der Waals surface area contributed by atoms with Gasteiger partial charge in [0.2, 0.25) is 5.91 Å². The van der Waals surface area contributed by atoms with Crippen molar-refractivity contribution in [3.8, 4) is 0 Å². The Hall–Kier alpha value is -4.17. The van der Waals surface area contributed by atoms with Crippen molar-refractivity contribution < 1.29 is 26.6 Å². The summed E-state index contributed by atoms with van der Waals surface area (Å²) in [6.07, 6.45) is 0. The molecule has 0 heterocycles. The summed E-state index contributed by atoms with van der Waals surface area (Å²) >= 11 is 12.0. The van der Waals surface area contributed by atoms with E-state index in [1.54, 1.807) is 6.07 Å². The summed E-state index contributed by atoms with van der Waals surface area (Å²) in [5.74, 6) is -0.748. The van der Waals surface area contributed by atoms with E-state index >= 15 is 0 Å². The normalized spacial score (nSPS) is 11.5. The number of rotatable bonds is 10. The monoisotopic (exact) mass is 634 g/mol. The molecule has 4 aromatic carbocycles. The van der Waals surface area contributed by atoms with Crippen LogP contribution in [0, 0.1) is 10.1 Å². The molecule has 1 amide bonds. The van der Waals surface area contributed by atoms with E-state index in [1.165, 1.54) is 78.9 Å². The summed E-state index contributed by atoms with van der Waals surface area (Å²) in [6, 6.07) is 21.7. The average Bonchev–Trinajstić information content (AvgIpc) is 2.95. The zero-order chi connectivity index (χ0) is 29.8. The minimum Gasteiger partial charge on any atom is -0.325 e. The van der Waals surface area contributed by atoms with Crippen LogP contribution in [-0.4, -0.2) is 34.2 Å². The van der Waals surface area contributed by atoms with Gasteiger partial charge in [0.1, 0.15) is 6.54 Å². The van der Waals surface area contributed by atoms with Gasteiger partial charge in [0.25, 0.3) is 25.7 Å². The molecule has 0 spiro atoms. The van der Waals surface area contributed by atoms with Gasteiger partial charge in [-0.3, -0.25) is 23.9 Å². The summed E-state index contributed by atoms with van der Waals surface area (Å²) in [4.78, 5) is 23.1. The van der Waals surface area contributed by atoms with E-state index in [9.17, 15) is 31.7 Å². The van der Waals surface area contributed by atoms with Gasteiger partial charge in [-0.15, -0.1) is 0 Å². The Morgan fingerprint density at radius 3 is 2.05 bits per heavy atom. The lowest BCUT2D eigenvalue weighted by molar-refractivity contribution is -0.384. The molecule has 0 fully saturated rings. The third-order valence-electron chi connectivity index (χ3n) is 5.61. The van der Waals surface area contributed by atoms with Crippen LogP contribution >= 0.6 is 23.2 Å². The predicted octanol–water partition coefficient (Wildman–Crippen LogP) is 5.54. The van der Waals surface area contributed by atoms with E-state index in [0.29, 0.717) is 0 Å². The zero-order valence-corrected chi connectivity index (χ0v) is 23.9. The number of carbonyl (C=O) groups excluding carboxylic acids is 1. The SMILES string of the molecule is O=C(CN(c1ccc([N+](=O)[O-])cc1)S(=O)(=O)c1ccccc1)Nc1ccc(S(=O)(=O)Nc2cccc(Cl)c2Cl)cc1. The number of carbonyl (C=O) groups is 1. The fourth-order valence-corrected chi connectivity index (χ4v) is 6.53. The van der Waals surface area contributed by atoms with Gasteiger partial charge in [0.05, 0.1) is 36.1 Å². The number of amides is 1. The molecular formula is C26H20Cl2N4O7S2. The van der Waals surface area contributed by atoms with Crippen LogP contribution in [0.3, 0.4) is 0 Å². The third kappa shape index (κ3) is 6.95. The molecule has 41 heavy (non-hydrogen) atoms. The molecule has 0 aromatic heterocycles. The first-order valence-electron chi connectivity index (χ1n) is 11.6. The van der Waals surface area contributed by atoms with Gasteiger partial charge < -0.3 is 5.32 Å². The van der Waals surface area contributed by atoms with E-state index < -0.39 is 37.4 Å². The fraction of sp³-hybridized carbons (Fsp3) is 0.0385. The maximum atomic E-state index is 13.4. The minimum absolute atomic E-state index is 0.0294. The Morgan fingerprint density at radius 1 is 0.805 bits per heavy atom. The highest BCUT2D eigenvalue weighted by Gasteiger charge is 2.28. The number of nitrogens with one attached hydrogen (secondary N) is 2. The number of non-ortho nitro benzene ring substituents is 1. The number of nitrogens with zero attached hydrogens (tertiary/aromatic N) is 2. The molecule has 0 bridgehead atoms. The Labute approximate surface area is 245 Å². The number of hydrogen-bond donors (Lipinski definition) is 2. The van der Waals surface area contributed by atoms with Gasteiger partial charge in [0.15, 0.2) is 0 Å². The minimum atomic E-state index is -4.24. The van der Waals surface area contributed by atoms with E-state index in [0.717, 1.165) is 16.4 Å². The summed E-state index contributed by atoms with van der Waals surface area (Å²) in [6.45, 7) is -0.677. The van der Waals surface area contributed by atoms with E-state index in [2.05, 4.69) is 10.0 Å². The number of halogens is 2. The number of anilines is 3. The Morgan fingerprint density at radius 2 is 1.44 bits per heavy atom. The number of benzene rings is 4. The second kappa shape index (κ2) is 12.1. The van der Waals surface area contributed by atoms with Crippen LogP contribution in [0.5, 0.6) is 0 Å². The summed E-state index contributed by atoms with van der Waals surface area (Å²) in [5.41, 5.74) is 0.0530. The maximum absolute atomic E-state index is 13.4. The first-order chi connectivity index (χ1) is 19.4. The second-order valence-electron chi connectivity index (χ2n) is 8.38. The molecule has 0 aliphatic rings. The zero-order valence-electron chi connectivity index (χ0n) is 20.8. The van der Waals surface area contributed by atoms with Gasteiger partial charge in [0, 0.05) is 17.8 Å². The van der Waals surface area contributed by atoms with Crippen molar-refractivity contribution >= 4 is 71.9 Å². The molecule has 0 saturated heterocycles. The molecule has 11 nitrogen and oxygen atoms in total. The van der Waals surface area contributed by atoms with Crippen molar-refractivity contribution in [2.24, 2.45) is 0 Å². The Balaban J connectivity index is 1.54. The molecule has 0 aliphatic carbocycles. The average molecular weight is 636 g/mol. The summed E-state index contributed by atoms with van der Waals surface area (Å²) in [5, 5.41) is 13.8. The van der Waals surface area contributed by atoms with E-state index in [-0.39, 0.29) is 42.6 Å². The van der Waals surface area contributed by atoms with Crippen LogP contribution in [0.2, 0.25) is 10.0 Å². The lowest BCUT2D eigenvalue weighted by atomic mass is 10.3. The first kappa shape index (κ1) is 29.8. The van der Waals surface area contributed by atoms with Gasteiger partial charge in [-0.25, -0.2) is 16.8 Å². The smallest absolute Gasteiger partial charge is 0.269 e. The Kier molecular flexibility index (Phi) is 8.83. The molecule has 212 valence electrons. The van der Waals surface area contributed by atoms with Crippen LogP contribution < -0.4 is 14.3 Å². The van der Waals surface area contributed by atoms with Crippen LogP contribution in [0.25, 0.3) is 0 Å². The van der Waals surface area contributed by atoms with Crippen LogP contribution in [-0.2, 0) is 24.8 Å². The molecule has 0 unspecified atom stereocenters.